The van der Waals surface area contributed by atoms with Crippen LogP contribution in [0.2, 0.25) is 5.02 Å². The van der Waals surface area contributed by atoms with Crippen molar-refractivity contribution in [2.45, 2.75) is 31.5 Å². The van der Waals surface area contributed by atoms with Crippen LogP contribution in [0.5, 0.6) is 0 Å². The predicted octanol–water partition coefficient (Wildman–Crippen LogP) is 2.29. The van der Waals surface area contributed by atoms with E-state index in [1.54, 1.807) is 0 Å². The number of nitrogens with zero attached hydrogens (tertiary/aromatic N) is 1. The molecule has 0 unspecified atom stereocenters. The van der Waals surface area contributed by atoms with Gasteiger partial charge in [-0.25, -0.2) is 0 Å². The molecule has 1 N–H and O–H groups in total. The molecule has 1 aliphatic heterocycles. The van der Waals surface area contributed by atoms with Crippen molar-refractivity contribution in [1.29, 1.82) is 0 Å². The predicted molar refractivity (Wildman–Crippen MR) is 77.5 cm³/mol. The third-order valence-electron chi connectivity index (χ3n) is 3.82. The van der Waals surface area contributed by atoms with E-state index in [0.717, 1.165) is 43.9 Å². The van der Waals surface area contributed by atoms with Crippen LogP contribution in [0, 0.1) is 0 Å². The van der Waals surface area contributed by atoms with Crippen LogP contribution in [0.15, 0.2) is 24.3 Å². The minimum atomic E-state index is 0.327. The van der Waals surface area contributed by atoms with Crippen molar-refractivity contribution >= 4 is 11.6 Å². The third kappa shape index (κ3) is 3.93. The van der Waals surface area contributed by atoms with Crippen molar-refractivity contribution in [3.05, 3.63) is 34.9 Å². The first-order chi connectivity index (χ1) is 9.31. The maximum absolute atomic E-state index is 5.97. The minimum absolute atomic E-state index is 0.327. The van der Waals surface area contributed by atoms with Crippen molar-refractivity contribution in [3.8, 4) is 0 Å². The molecule has 19 heavy (non-hydrogen) atoms. The summed E-state index contributed by atoms with van der Waals surface area (Å²) in [5, 5.41) is 4.27. The van der Waals surface area contributed by atoms with Gasteiger partial charge in [0.15, 0.2) is 0 Å². The van der Waals surface area contributed by atoms with E-state index in [2.05, 4.69) is 16.3 Å². The molecule has 1 aliphatic carbocycles. The summed E-state index contributed by atoms with van der Waals surface area (Å²) in [5.74, 6) is 0. The van der Waals surface area contributed by atoms with Gasteiger partial charge >= 0.3 is 0 Å². The fourth-order valence-electron chi connectivity index (χ4n) is 2.66. The largest absolute Gasteiger partial charge is 0.374 e. The second-order valence-electron chi connectivity index (χ2n) is 5.48. The molecule has 1 heterocycles. The van der Waals surface area contributed by atoms with Gasteiger partial charge in [0, 0.05) is 37.2 Å². The Kier molecular flexibility index (Phi) is 4.38. The molecule has 4 heteroatoms. The molecule has 1 saturated carbocycles. The molecule has 2 fully saturated rings. The highest BCUT2D eigenvalue weighted by atomic mass is 35.5. The van der Waals surface area contributed by atoms with E-state index in [4.69, 9.17) is 16.3 Å². The van der Waals surface area contributed by atoms with Gasteiger partial charge in [-0.1, -0.05) is 23.7 Å². The van der Waals surface area contributed by atoms with E-state index in [1.165, 1.54) is 18.4 Å². The summed E-state index contributed by atoms with van der Waals surface area (Å²) in [7, 11) is 0. The number of hydrogen-bond acceptors (Lipinski definition) is 3. The van der Waals surface area contributed by atoms with E-state index < -0.39 is 0 Å². The maximum atomic E-state index is 5.97. The molecular formula is C15H21ClN2O. The topological polar surface area (TPSA) is 24.5 Å². The number of hydrogen-bond donors (Lipinski definition) is 1. The molecule has 0 amide bonds. The molecule has 104 valence electrons. The van der Waals surface area contributed by atoms with Gasteiger partial charge in [-0.05, 0) is 30.5 Å². The van der Waals surface area contributed by atoms with E-state index in [9.17, 15) is 0 Å². The lowest BCUT2D eigenvalue weighted by Gasteiger charge is -2.33. The molecule has 2 aliphatic rings. The first kappa shape index (κ1) is 13.4. The van der Waals surface area contributed by atoms with Gasteiger partial charge in [0.2, 0.25) is 0 Å². The smallest absolute Gasteiger partial charge is 0.0826 e. The monoisotopic (exact) mass is 280 g/mol. The number of nitrogens with one attached hydrogen (secondary N) is 1. The van der Waals surface area contributed by atoms with Gasteiger partial charge in [-0.15, -0.1) is 0 Å². The molecule has 3 rings (SSSR count). The number of benzene rings is 1. The van der Waals surface area contributed by atoms with E-state index in [1.807, 2.05) is 18.2 Å². The lowest BCUT2D eigenvalue weighted by Crippen LogP contribution is -2.47. The maximum Gasteiger partial charge on any atom is 0.0826 e. The first-order valence-corrected chi connectivity index (χ1v) is 7.50. The second-order valence-corrected chi connectivity index (χ2v) is 5.92. The molecule has 0 radical (unpaired) electrons. The Morgan fingerprint density at radius 1 is 1.37 bits per heavy atom. The van der Waals surface area contributed by atoms with Crippen LogP contribution >= 0.6 is 11.6 Å². The van der Waals surface area contributed by atoms with Crippen LogP contribution in [0.3, 0.4) is 0 Å². The average Bonchev–Trinajstić information content (AvgIpc) is 3.23. The number of rotatable bonds is 5. The van der Waals surface area contributed by atoms with Gasteiger partial charge in [-0.2, -0.15) is 0 Å². The summed E-state index contributed by atoms with van der Waals surface area (Å²) >= 11 is 5.97. The molecule has 1 aromatic rings. The summed E-state index contributed by atoms with van der Waals surface area (Å²) in [6.45, 7) is 4.82. The first-order valence-electron chi connectivity index (χ1n) is 7.12. The Bertz CT molecular complexity index is 422. The zero-order chi connectivity index (χ0) is 13.1. The lowest BCUT2D eigenvalue weighted by molar-refractivity contribution is -0.0301. The van der Waals surface area contributed by atoms with Crippen LogP contribution in [-0.2, 0) is 11.3 Å². The Morgan fingerprint density at radius 3 is 3.05 bits per heavy atom. The van der Waals surface area contributed by atoms with Gasteiger partial charge in [0.25, 0.3) is 0 Å². The fourth-order valence-corrected chi connectivity index (χ4v) is 2.87. The van der Waals surface area contributed by atoms with Crippen molar-refractivity contribution in [1.82, 2.24) is 10.2 Å². The SMILES string of the molecule is Clc1cccc(CNC[C@H]2CN(C3CC3)CCO2)c1. The van der Waals surface area contributed by atoms with Crippen molar-refractivity contribution < 1.29 is 4.74 Å². The highest BCUT2D eigenvalue weighted by Gasteiger charge is 2.32. The van der Waals surface area contributed by atoms with E-state index in [-0.39, 0.29) is 0 Å². The molecule has 0 bridgehead atoms. The molecule has 3 nitrogen and oxygen atoms in total. The third-order valence-corrected chi connectivity index (χ3v) is 4.06. The zero-order valence-electron chi connectivity index (χ0n) is 11.1. The minimum Gasteiger partial charge on any atom is -0.374 e. The average molecular weight is 281 g/mol. The van der Waals surface area contributed by atoms with Crippen molar-refractivity contribution in [3.63, 3.8) is 0 Å². The molecule has 1 saturated heterocycles. The fraction of sp³-hybridized carbons (Fsp3) is 0.600. The van der Waals surface area contributed by atoms with Crippen LogP contribution in [-0.4, -0.2) is 43.3 Å². The number of halogens is 1. The molecule has 0 aromatic heterocycles. The van der Waals surface area contributed by atoms with E-state index in [0.29, 0.717) is 6.10 Å². The molecule has 1 atom stereocenters. The second kappa shape index (κ2) is 6.23. The quantitative estimate of drug-likeness (QED) is 0.896. The molecule has 1 aromatic carbocycles. The van der Waals surface area contributed by atoms with Crippen LogP contribution in [0.1, 0.15) is 18.4 Å². The van der Waals surface area contributed by atoms with Crippen LogP contribution in [0.25, 0.3) is 0 Å². The summed E-state index contributed by atoms with van der Waals surface area (Å²) in [6.07, 6.45) is 3.08. The Balaban J connectivity index is 1.41. The molecule has 0 spiro atoms. The standard InChI is InChI=1S/C15H21ClN2O/c16-13-3-1-2-12(8-13)9-17-10-15-11-18(6-7-19-15)14-4-5-14/h1-3,8,14-15,17H,4-7,9-11H2/t15-/m0/s1. The van der Waals surface area contributed by atoms with Crippen molar-refractivity contribution in [2.75, 3.05) is 26.2 Å². The Hall–Kier alpha value is -0.610. The highest BCUT2D eigenvalue weighted by molar-refractivity contribution is 6.30. The Labute approximate surface area is 119 Å². The van der Waals surface area contributed by atoms with Gasteiger partial charge in [-0.3, -0.25) is 4.90 Å². The highest BCUT2D eigenvalue weighted by Crippen LogP contribution is 2.28. The van der Waals surface area contributed by atoms with Crippen LogP contribution in [0.4, 0.5) is 0 Å². The summed E-state index contributed by atoms with van der Waals surface area (Å²) < 4.78 is 5.82. The Morgan fingerprint density at radius 2 is 2.26 bits per heavy atom. The molecular weight excluding hydrogens is 260 g/mol. The lowest BCUT2D eigenvalue weighted by atomic mass is 10.2. The van der Waals surface area contributed by atoms with Gasteiger partial charge in [0.05, 0.1) is 12.7 Å². The summed E-state index contributed by atoms with van der Waals surface area (Å²) in [4.78, 5) is 2.58. The van der Waals surface area contributed by atoms with Crippen molar-refractivity contribution in [2.24, 2.45) is 0 Å². The van der Waals surface area contributed by atoms with E-state index >= 15 is 0 Å². The number of ether oxygens (including phenoxy) is 1. The zero-order valence-corrected chi connectivity index (χ0v) is 11.9. The van der Waals surface area contributed by atoms with Gasteiger partial charge in [0.1, 0.15) is 0 Å². The summed E-state index contributed by atoms with van der Waals surface area (Å²) in [6, 6.07) is 8.84. The van der Waals surface area contributed by atoms with Crippen LogP contribution < -0.4 is 5.32 Å². The van der Waals surface area contributed by atoms with Gasteiger partial charge < -0.3 is 10.1 Å². The summed E-state index contributed by atoms with van der Waals surface area (Å²) in [5.41, 5.74) is 1.22. The normalized spacial score (nSPS) is 24.6. The number of morpholine rings is 1.